The minimum absolute atomic E-state index is 0.119. The van der Waals surface area contributed by atoms with Gasteiger partial charge in [-0.3, -0.25) is 20.3 Å². The number of hydrogen-bond acceptors (Lipinski definition) is 4. The van der Waals surface area contributed by atoms with Crippen molar-refractivity contribution in [1.29, 1.82) is 0 Å². The topological polar surface area (TPSA) is 75.5 Å². The summed E-state index contributed by atoms with van der Waals surface area (Å²) in [4.78, 5) is 22.5. The smallest absolute Gasteiger partial charge is 0.287 e. The maximum atomic E-state index is 13.9. The quantitative estimate of drug-likeness (QED) is 0.663. The molecule has 9 heteroatoms. The van der Waals surface area contributed by atoms with Crippen molar-refractivity contribution >= 4 is 22.4 Å². The normalized spacial score (nSPS) is 18.7. The van der Waals surface area contributed by atoms with Gasteiger partial charge in [-0.1, -0.05) is 18.2 Å². The Hall–Kier alpha value is -2.68. The highest BCUT2D eigenvalue weighted by atomic mass is 19.4. The van der Waals surface area contributed by atoms with Crippen LogP contribution in [0.2, 0.25) is 0 Å². The van der Waals surface area contributed by atoms with Crippen molar-refractivity contribution in [3.8, 4) is 0 Å². The van der Waals surface area contributed by atoms with Crippen molar-refractivity contribution in [2.75, 3.05) is 6.54 Å². The summed E-state index contributed by atoms with van der Waals surface area (Å²) in [5.41, 5.74) is 0.910. The molecule has 1 fully saturated rings. The highest BCUT2D eigenvalue weighted by molar-refractivity contribution is 5.93. The summed E-state index contributed by atoms with van der Waals surface area (Å²) in [5, 5.41) is 12.3. The molecule has 1 heterocycles. The number of nitrogens with one attached hydrogen (secondary N) is 1. The number of amides is 1. The Morgan fingerprint density at radius 3 is 2.31 bits per heavy atom. The van der Waals surface area contributed by atoms with E-state index in [0.717, 1.165) is 17.1 Å². The van der Waals surface area contributed by atoms with Crippen LogP contribution in [0.5, 0.6) is 0 Å². The predicted molar refractivity (Wildman–Crippen MR) is 88.0 cm³/mol. The van der Waals surface area contributed by atoms with E-state index in [2.05, 4.69) is 5.43 Å². The zero-order chi connectivity index (χ0) is 19.3. The molecule has 26 heavy (non-hydrogen) atoms. The maximum Gasteiger partial charge on any atom is 0.409 e. The lowest BCUT2D eigenvalue weighted by molar-refractivity contribution is -0.383. The van der Waals surface area contributed by atoms with Crippen LogP contribution in [0.4, 0.5) is 18.9 Å². The lowest BCUT2D eigenvalue weighted by Crippen LogP contribution is -2.43. The summed E-state index contributed by atoms with van der Waals surface area (Å²) in [6.07, 6.45) is -4.69. The first-order valence-corrected chi connectivity index (χ1v) is 7.83. The van der Waals surface area contributed by atoms with Gasteiger partial charge < -0.3 is 0 Å². The van der Waals surface area contributed by atoms with Crippen LogP contribution in [0.25, 0.3) is 10.8 Å². The summed E-state index contributed by atoms with van der Waals surface area (Å²) in [6, 6.07) is 5.95. The van der Waals surface area contributed by atoms with Gasteiger partial charge in [-0.2, -0.15) is 13.2 Å². The molecule has 1 amide bonds. The van der Waals surface area contributed by atoms with Gasteiger partial charge in [0, 0.05) is 12.6 Å². The van der Waals surface area contributed by atoms with Crippen LogP contribution < -0.4 is 5.43 Å². The van der Waals surface area contributed by atoms with E-state index in [0.29, 0.717) is 0 Å². The van der Waals surface area contributed by atoms with E-state index < -0.39 is 28.5 Å². The standard InChI is InChI=1S/C17H16F3N3O3/c1-16(2)9-22(21-15(16)24)14(17(18,19)20)12-7-8-13(23(25)26)11-6-4-3-5-10(11)12/h3-8,14H,9H2,1-2H3,(H,21,24). The van der Waals surface area contributed by atoms with Gasteiger partial charge in [0.1, 0.15) is 0 Å². The summed E-state index contributed by atoms with van der Waals surface area (Å²) < 4.78 is 41.7. The molecule has 0 radical (unpaired) electrons. The van der Waals surface area contributed by atoms with Gasteiger partial charge in [0.2, 0.25) is 5.91 Å². The fourth-order valence-electron chi connectivity index (χ4n) is 3.20. The first-order valence-electron chi connectivity index (χ1n) is 7.83. The molecule has 1 aliphatic heterocycles. The average Bonchev–Trinajstić information content (AvgIpc) is 2.78. The minimum atomic E-state index is -4.69. The molecule has 2 aromatic rings. The van der Waals surface area contributed by atoms with Gasteiger partial charge in [0.15, 0.2) is 6.04 Å². The Morgan fingerprint density at radius 1 is 1.19 bits per heavy atom. The van der Waals surface area contributed by atoms with Gasteiger partial charge in [-0.15, -0.1) is 0 Å². The molecule has 0 saturated carbocycles. The maximum absolute atomic E-state index is 13.9. The fraction of sp³-hybridized carbons (Fsp3) is 0.353. The van der Waals surface area contributed by atoms with Crippen LogP contribution >= 0.6 is 0 Å². The number of fused-ring (bicyclic) bond motifs is 1. The van der Waals surface area contributed by atoms with Gasteiger partial charge in [0.05, 0.1) is 15.7 Å². The molecule has 1 unspecified atom stereocenters. The predicted octanol–water partition coefficient (Wildman–Crippen LogP) is 3.72. The first kappa shape index (κ1) is 18.1. The molecule has 2 aromatic carbocycles. The highest BCUT2D eigenvalue weighted by Gasteiger charge is 2.51. The monoisotopic (exact) mass is 367 g/mol. The molecule has 0 aromatic heterocycles. The second kappa shape index (κ2) is 5.94. The van der Waals surface area contributed by atoms with Crippen LogP contribution in [0.3, 0.4) is 0 Å². The van der Waals surface area contributed by atoms with Crippen LogP contribution in [0, 0.1) is 15.5 Å². The number of rotatable bonds is 3. The SMILES string of the molecule is CC1(C)CN(C(c2ccc([N+](=O)[O-])c3ccccc23)C(F)(F)F)NC1=O. The third-order valence-electron chi connectivity index (χ3n) is 4.47. The number of hydrogen-bond donors (Lipinski definition) is 1. The van der Waals surface area contributed by atoms with E-state index >= 15 is 0 Å². The molecule has 3 rings (SSSR count). The second-order valence-corrected chi connectivity index (χ2v) is 6.87. The number of nitro benzene ring substituents is 1. The Kier molecular flexibility index (Phi) is 4.14. The third-order valence-corrected chi connectivity index (χ3v) is 4.47. The number of non-ortho nitro benzene ring substituents is 1. The molecule has 138 valence electrons. The van der Waals surface area contributed by atoms with Crippen LogP contribution in [0.1, 0.15) is 25.5 Å². The molecular formula is C17H16F3N3O3. The van der Waals surface area contributed by atoms with E-state index in [4.69, 9.17) is 0 Å². The Bertz CT molecular complexity index is 896. The van der Waals surface area contributed by atoms with Crippen LogP contribution in [0.15, 0.2) is 36.4 Å². The number of nitro groups is 1. The number of benzene rings is 2. The van der Waals surface area contributed by atoms with Crippen molar-refractivity contribution in [2.45, 2.75) is 26.1 Å². The molecular weight excluding hydrogens is 351 g/mol. The number of carbonyl (C=O) groups excluding carboxylic acids is 1. The fourth-order valence-corrected chi connectivity index (χ4v) is 3.20. The number of halogens is 3. The Morgan fingerprint density at radius 2 is 1.81 bits per heavy atom. The number of carbonyl (C=O) groups is 1. The second-order valence-electron chi connectivity index (χ2n) is 6.87. The largest absolute Gasteiger partial charge is 0.409 e. The van der Waals surface area contributed by atoms with Gasteiger partial charge in [-0.05, 0) is 36.9 Å². The van der Waals surface area contributed by atoms with E-state index in [9.17, 15) is 28.1 Å². The summed E-state index contributed by atoms with van der Waals surface area (Å²) in [6.45, 7) is 2.98. The molecule has 0 bridgehead atoms. The summed E-state index contributed by atoms with van der Waals surface area (Å²) in [7, 11) is 0. The number of alkyl halides is 3. The molecule has 1 saturated heterocycles. The molecule has 1 aliphatic rings. The molecule has 1 N–H and O–H groups in total. The first-order chi connectivity index (χ1) is 12.0. The van der Waals surface area contributed by atoms with E-state index in [1.165, 1.54) is 24.3 Å². The Labute approximate surface area is 146 Å². The lowest BCUT2D eigenvalue weighted by atomic mass is 9.92. The third kappa shape index (κ3) is 2.98. The molecule has 1 atom stereocenters. The van der Waals surface area contributed by atoms with E-state index in [-0.39, 0.29) is 28.6 Å². The van der Waals surface area contributed by atoms with Crippen molar-refractivity contribution in [3.63, 3.8) is 0 Å². The van der Waals surface area contributed by atoms with Crippen molar-refractivity contribution < 1.29 is 22.9 Å². The molecule has 6 nitrogen and oxygen atoms in total. The average molecular weight is 367 g/mol. The zero-order valence-corrected chi connectivity index (χ0v) is 14.0. The molecule has 0 aliphatic carbocycles. The van der Waals surface area contributed by atoms with Gasteiger partial charge in [0.25, 0.3) is 5.69 Å². The van der Waals surface area contributed by atoms with Crippen molar-refractivity contribution in [3.05, 3.63) is 52.1 Å². The minimum Gasteiger partial charge on any atom is -0.287 e. The summed E-state index contributed by atoms with van der Waals surface area (Å²) >= 11 is 0. The Balaban J connectivity index is 2.19. The number of hydrazine groups is 1. The van der Waals surface area contributed by atoms with E-state index in [1.807, 2.05) is 0 Å². The summed E-state index contributed by atoms with van der Waals surface area (Å²) in [5.74, 6) is -0.502. The molecule has 0 spiro atoms. The van der Waals surface area contributed by atoms with Crippen LogP contribution in [-0.4, -0.2) is 28.6 Å². The van der Waals surface area contributed by atoms with Crippen LogP contribution in [-0.2, 0) is 4.79 Å². The van der Waals surface area contributed by atoms with Gasteiger partial charge in [-0.25, -0.2) is 5.01 Å². The van der Waals surface area contributed by atoms with Crippen molar-refractivity contribution in [1.82, 2.24) is 10.4 Å². The lowest BCUT2D eigenvalue weighted by Gasteiger charge is -2.30. The van der Waals surface area contributed by atoms with E-state index in [1.54, 1.807) is 13.8 Å². The highest BCUT2D eigenvalue weighted by Crippen LogP contribution is 2.43. The van der Waals surface area contributed by atoms with Gasteiger partial charge >= 0.3 is 6.18 Å². The number of nitrogens with zero attached hydrogens (tertiary/aromatic N) is 2. The zero-order valence-electron chi connectivity index (χ0n) is 14.0. The van der Waals surface area contributed by atoms with Crippen molar-refractivity contribution in [2.24, 2.45) is 5.41 Å².